The van der Waals surface area contributed by atoms with Gasteiger partial charge in [0, 0.05) is 18.2 Å². The smallest absolute Gasteiger partial charge is 0.167 e. The minimum Gasteiger partial charge on any atom is -0.494 e. The molecule has 0 radical (unpaired) electrons. The van der Waals surface area contributed by atoms with Gasteiger partial charge in [-0.3, -0.25) is 0 Å². The molecule has 2 aromatic rings. The van der Waals surface area contributed by atoms with Crippen LogP contribution in [0.3, 0.4) is 0 Å². The Labute approximate surface area is 118 Å². The quantitative estimate of drug-likeness (QED) is 0.831. The molecule has 0 saturated heterocycles. The van der Waals surface area contributed by atoms with Gasteiger partial charge in [0.25, 0.3) is 0 Å². The Morgan fingerprint density at radius 2 is 1.95 bits per heavy atom. The summed E-state index contributed by atoms with van der Waals surface area (Å²) in [6.07, 6.45) is 0. The number of nitrogen functional groups attached to an aromatic ring is 1. The average molecular weight is 274 g/mol. The van der Waals surface area contributed by atoms with Gasteiger partial charge in [0.05, 0.1) is 18.5 Å². The number of halogens is 1. The molecule has 3 nitrogen and oxygen atoms in total. The van der Waals surface area contributed by atoms with Gasteiger partial charge in [-0.2, -0.15) is 0 Å². The van der Waals surface area contributed by atoms with Crippen LogP contribution in [0, 0.1) is 12.7 Å². The fourth-order valence-electron chi connectivity index (χ4n) is 2.23. The second kappa shape index (κ2) is 5.82. The number of rotatable bonds is 4. The van der Waals surface area contributed by atoms with E-state index in [2.05, 4.69) is 24.4 Å². The van der Waals surface area contributed by atoms with Gasteiger partial charge in [-0.1, -0.05) is 24.3 Å². The predicted molar refractivity (Wildman–Crippen MR) is 80.6 cm³/mol. The van der Waals surface area contributed by atoms with E-state index in [-0.39, 0.29) is 11.8 Å². The molecule has 0 aliphatic carbocycles. The summed E-state index contributed by atoms with van der Waals surface area (Å²) in [5.74, 6) is -0.280. The van der Waals surface area contributed by atoms with Crippen molar-refractivity contribution in [2.75, 3.05) is 18.2 Å². The standard InChI is InChI=1S/C16H19FN2O/c1-10-6-4-5-7-12(10)11(2)19-15-9-16(20-3)13(17)8-14(15)18/h4-9,11,19H,18H2,1-3H3. The Hall–Kier alpha value is -2.23. The monoisotopic (exact) mass is 274 g/mol. The number of hydrogen-bond donors (Lipinski definition) is 2. The maximum Gasteiger partial charge on any atom is 0.167 e. The Bertz CT molecular complexity index is 613. The van der Waals surface area contributed by atoms with Gasteiger partial charge in [-0.25, -0.2) is 4.39 Å². The van der Waals surface area contributed by atoms with Crippen molar-refractivity contribution in [3.63, 3.8) is 0 Å². The summed E-state index contributed by atoms with van der Waals surface area (Å²) in [6, 6.07) is 11.0. The highest BCUT2D eigenvalue weighted by Gasteiger charge is 2.12. The maximum atomic E-state index is 13.5. The number of hydrogen-bond acceptors (Lipinski definition) is 3. The number of aryl methyl sites for hydroxylation is 1. The molecule has 0 bridgehead atoms. The highest BCUT2D eigenvalue weighted by Crippen LogP contribution is 2.31. The van der Waals surface area contributed by atoms with E-state index in [1.807, 2.05) is 19.1 Å². The van der Waals surface area contributed by atoms with E-state index in [1.54, 1.807) is 6.07 Å². The molecule has 2 rings (SSSR count). The summed E-state index contributed by atoms with van der Waals surface area (Å²) >= 11 is 0. The third-order valence-corrected chi connectivity index (χ3v) is 3.35. The lowest BCUT2D eigenvalue weighted by Gasteiger charge is -2.19. The lowest BCUT2D eigenvalue weighted by Crippen LogP contribution is -2.10. The summed E-state index contributed by atoms with van der Waals surface area (Å²) in [4.78, 5) is 0. The summed E-state index contributed by atoms with van der Waals surface area (Å²) in [5.41, 5.74) is 9.25. The topological polar surface area (TPSA) is 47.3 Å². The molecule has 0 spiro atoms. The molecule has 3 N–H and O–H groups in total. The van der Waals surface area contributed by atoms with Crippen molar-refractivity contribution >= 4 is 11.4 Å². The van der Waals surface area contributed by atoms with Crippen LogP contribution < -0.4 is 15.8 Å². The largest absolute Gasteiger partial charge is 0.494 e. The van der Waals surface area contributed by atoms with Crippen molar-refractivity contribution in [1.82, 2.24) is 0 Å². The number of ether oxygens (including phenoxy) is 1. The van der Waals surface area contributed by atoms with E-state index < -0.39 is 5.82 Å². The van der Waals surface area contributed by atoms with E-state index in [1.165, 1.54) is 24.3 Å². The number of nitrogens with two attached hydrogens (primary N) is 1. The number of anilines is 2. The number of benzene rings is 2. The van der Waals surface area contributed by atoms with Crippen molar-refractivity contribution in [2.45, 2.75) is 19.9 Å². The van der Waals surface area contributed by atoms with Gasteiger partial charge >= 0.3 is 0 Å². The zero-order chi connectivity index (χ0) is 14.7. The summed E-state index contributed by atoms with van der Waals surface area (Å²) in [7, 11) is 1.43. The fourth-order valence-corrected chi connectivity index (χ4v) is 2.23. The predicted octanol–water partition coefficient (Wildman–Crippen LogP) is 3.90. The molecular formula is C16H19FN2O. The van der Waals surface area contributed by atoms with Crippen molar-refractivity contribution < 1.29 is 9.13 Å². The van der Waals surface area contributed by atoms with Crippen LogP contribution in [0.15, 0.2) is 36.4 Å². The van der Waals surface area contributed by atoms with Crippen molar-refractivity contribution in [1.29, 1.82) is 0 Å². The van der Waals surface area contributed by atoms with E-state index >= 15 is 0 Å². The molecule has 0 aliphatic rings. The summed E-state index contributed by atoms with van der Waals surface area (Å²) in [6.45, 7) is 4.10. The second-order valence-electron chi connectivity index (χ2n) is 4.80. The van der Waals surface area contributed by atoms with Gasteiger partial charge < -0.3 is 15.8 Å². The Balaban J connectivity index is 2.28. The molecule has 4 heteroatoms. The van der Waals surface area contributed by atoms with E-state index in [9.17, 15) is 4.39 Å². The number of nitrogens with one attached hydrogen (secondary N) is 1. The van der Waals surface area contributed by atoms with E-state index in [0.29, 0.717) is 11.4 Å². The first-order valence-electron chi connectivity index (χ1n) is 6.48. The molecule has 20 heavy (non-hydrogen) atoms. The Morgan fingerprint density at radius 3 is 2.60 bits per heavy atom. The third kappa shape index (κ3) is 2.85. The van der Waals surface area contributed by atoms with Crippen LogP contribution in [0.4, 0.5) is 15.8 Å². The van der Waals surface area contributed by atoms with Gasteiger partial charge in [0.15, 0.2) is 11.6 Å². The molecule has 0 fully saturated rings. The van der Waals surface area contributed by atoms with Gasteiger partial charge in [-0.15, -0.1) is 0 Å². The van der Waals surface area contributed by atoms with Crippen molar-refractivity contribution in [3.8, 4) is 5.75 Å². The molecule has 1 unspecified atom stereocenters. The van der Waals surface area contributed by atoms with Crippen molar-refractivity contribution in [3.05, 3.63) is 53.3 Å². The lowest BCUT2D eigenvalue weighted by molar-refractivity contribution is 0.387. The van der Waals surface area contributed by atoms with Crippen molar-refractivity contribution in [2.24, 2.45) is 0 Å². The normalized spacial score (nSPS) is 12.0. The average Bonchev–Trinajstić information content (AvgIpc) is 2.42. The summed E-state index contributed by atoms with van der Waals surface area (Å²) in [5, 5.41) is 3.30. The molecule has 2 aromatic carbocycles. The fraction of sp³-hybridized carbons (Fsp3) is 0.250. The second-order valence-corrected chi connectivity index (χ2v) is 4.80. The first-order valence-corrected chi connectivity index (χ1v) is 6.48. The third-order valence-electron chi connectivity index (χ3n) is 3.35. The van der Waals surface area contributed by atoms with Crippen LogP contribution >= 0.6 is 0 Å². The van der Waals surface area contributed by atoms with Crippen LogP contribution in [-0.4, -0.2) is 7.11 Å². The highest BCUT2D eigenvalue weighted by molar-refractivity contribution is 5.69. The van der Waals surface area contributed by atoms with Gasteiger partial charge in [-0.05, 0) is 25.0 Å². The van der Waals surface area contributed by atoms with Crippen LogP contribution in [0.2, 0.25) is 0 Å². The zero-order valence-electron chi connectivity index (χ0n) is 11.9. The molecule has 0 aliphatic heterocycles. The number of methoxy groups -OCH3 is 1. The molecule has 106 valence electrons. The first kappa shape index (κ1) is 14.2. The molecule has 1 atom stereocenters. The van der Waals surface area contributed by atoms with Crippen LogP contribution in [0.5, 0.6) is 5.75 Å². The molecular weight excluding hydrogens is 255 g/mol. The van der Waals surface area contributed by atoms with Crippen LogP contribution in [0.1, 0.15) is 24.1 Å². The van der Waals surface area contributed by atoms with Crippen LogP contribution in [-0.2, 0) is 0 Å². The zero-order valence-corrected chi connectivity index (χ0v) is 11.9. The first-order chi connectivity index (χ1) is 9.52. The minimum absolute atomic E-state index is 0.0636. The molecule has 0 saturated carbocycles. The van der Waals surface area contributed by atoms with Gasteiger partial charge in [0.2, 0.25) is 0 Å². The highest BCUT2D eigenvalue weighted by atomic mass is 19.1. The van der Waals surface area contributed by atoms with Crippen LogP contribution in [0.25, 0.3) is 0 Å². The Morgan fingerprint density at radius 1 is 1.25 bits per heavy atom. The van der Waals surface area contributed by atoms with E-state index in [0.717, 1.165) is 0 Å². The SMILES string of the molecule is COc1cc(NC(C)c2ccccc2C)c(N)cc1F. The lowest BCUT2D eigenvalue weighted by atomic mass is 10.0. The summed E-state index contributed by atoms with van der Waals surface area (Å²) < 4.78 is 18.5. The van der Waals surface area contributed by atoms with Gasteiger partial charge in [0.1, 0.15) is 0 Å². The molecule has 0 amide bonds. The molecule has 0 aromatic heterocycles. The Kier molecular flexibility index (Phi) is 4.13. The minimum atomic E-state index is -0.459. The maximum absolute atomic E-state index is 13.5. The molecule has 0 heterocycles. The van der Waals surface area contributed by atoms with E-state index in [4.69, 9.17) is 10.5 Å².